The molecule has 1 unspecified atom stereocenters. The van der Waals surface area contributed by atoms with E-state index in [4.69, 9.17) is 0 Å². The number of hydrogen-bond donors (Lipinski definition) is 1. The molecule has 0 radical (unpaired) electrons. The second kappa shape index (κ2) is 5.67. The van der Waals surface area contributed by atoms with Gasteiger partial charge in [0, 0.05) is 18.3 Å². The Bertz CT molecular complexity index is 333. The first kappa shape index (κ1) is 14.2. The number of nitrogens with zero attached hydrogens (tertiary/aromatic N) is 2. The Hall–Kier alpha value is -0.830. The fourth-order valence-electron chi connectivity index (χ4n) is 2.05. The Morgan fingerprint density at radius 1 is 1.35 bits per heavy atom. The van der Waals surface area contributed by atoms with Gasteiger partial charge in [0.2, 0.25) is 0 Å². The van der Waals surface area contributed by atoms with E-state index in [-0.39, 0.29) is 0 Å². The molecule has 3 nitrogen and oxygen atoms in total. The average molecular weight is 237 g/mol. The maximum Gasteiger partial charge on any atom is 0.0556 e. The van der Waals surface area contributed by atoms with E-state index in [1.54, 1.807) is 0 Å². The first-order chi connectivity index (χ1) is 7.85. The molecule has 0 aliphatic heterocycles. The molecule has 1 aromatic rings. The molecule has 0 aliphatic rings. The summed E-state index contributed by atoms with van der Waals surface area (Å²) in [4.78, 5) is 0. The van der Waals surface area contributed by atoms with Crippen molar-refractivity contribution >= 4 is 0 Å². The molecule has 1 heterocycles. The van der Waals surface area contributed by atoms with Crippen molar-refractivity contribution in [1.29, 1.82) is 0 Å². The van der Waals surface area contributed by atoms with Crippen LogP contribution in [0, 0.1) is 5.41 Å². The van der Waals surface area contributed by atoms with Crippen molar-refractivity contribution < 1.29 is 0 Å². The van der Waals surface area contributed by atoms with Crippen molar-refractivity contribution in [2.24, 2.45) is 5.41 Å². The Labute approximate surface area is 106 Å². The van der Waals surface area contributed by atoms with E-state index in [9.17, 15) is 0 Å². The third-order valence-electron chi connectivity index (χ3n) is 3.08. The van der Waals surface area contributed by atoms with Gasteiger partial charge in [-0.25, -0.2) is 0 Å². The second-order valence-corrected chi connectivity index (χ2v) is 6.23. The van der Waals surface area contributed by atoms with Crippen molar-refractivity contribution in [1.82, 2.24) is 15.1 Å². The molecule has 1 aromatic heterocycles. The third-order valence-corrected chi connectivity index (χ3v) is 3.08. The Morgan fingerprint density at radius 3 is 2.47 bits per heavy atom. The lowest BCUT2D eigenvalue weighted by Crippen LogP contribution is -2.23. The highest BCUT2D eigenvalue weighted by atomic mass is 15.3. The van der Waals surface area contributed by atoms with Gasteiger partial charge >= 0.3 is 0 Å². The summed E-state index contributed by atoms with van der Waals surface area (Å²) in [6.45, 7) is 11.2. The van der Waals surface area contributed by atoms with Gasteiger partial charge < -0.3 is 5.32 Å². The van der Waals surface area contributed by atoms with Crippen molar-refractivity contribution in [3.63, 3.8) is 0 Å². The molecule has 17 heavy (non-hydrogen) atoms. The molecule has 0 bridgehead atoms. The number of aromatic nitrogens is 2. The summed E-state index contributed by atoms with van der Waals surface area (Å²) >= 11 is 0. The summed E-state index contributed by atoms with van der Waals surface area (Å²) in [7, 11) is 2.03. The third kappa shape index (κ3) is 4.15. The fourth-order valence-corrected chi connectivity index (χ4v) is 2.05. The molecular formula is C14H27N3. The molecule has 0 aromatic carbocycles. The molecule has 98 valence electrons. The summed E-state index contributed by atoms with van der Waals surface area (Å²) in [6, 6.07) is 2.95. The van der Waals surface area contributed by atoms with Gasteiger partial charge in [-0.3, -0.25) is 4.68 Å². The predicted molar refractivity (Wildman–Crippen MR) is 73.1 cm³/mol. The first-order valence-corrected chi connectivity index (χ1v) is 6.56. The van der Waals surface area contributed by atoms with Gasteiger partial charge in [-0.2, -0.15) is 5.10 Å². The highest BCUT2D eigenvalue weighted by Crippen LogP contribution is 2.27. The van der Waals surface area contributed by atoms with Crippen LogP contribution in [0.1, 0.15) is 65.2 Å². The van der Waals surface area contributed by atoms with E-state index in [1.807, 2.05) is 13.2 Å². The van der Waals surface area contributed by atoms with Crippen molar-refractivity contribution in [2.45, 2.75) is 59.5 Å². The van der Waals surface area contributed by atoms with Gasteiger partial charge in [0.1, 0.15) is 0 Å². The van der Waals surface area contributed by atoms with Crippen LogP contribution in [0.5, 0.6) is 0 Å². The molecule has 0 aliphatic carbocycles. The predicted octanol–water partition coefficient (Wildman–Crippen LogP) is 3.55. The van der Waals surface area contributed by atoms with Crippen molar-refractivity contribution in [2.75, 3.05) is 7.05 Å². The minimum atomic E-state index is 0.387. The van der Waals surface area contributed by atoms with E-state index in [0.29, 0.717) is 17.5 Å². The van der Waals surface area contributed by atoms with Gasteiger partial charge in [-0.15, -0.1) is 0 Å². The molecule has 0 fully saturated rings. The van der Waals surface area contributed by atoms with E-state index in [2.05, 4.69) is 55.8 Å². The molecule has 0 spiro atoms. The van der Waals surface area contributed by atoms with E-state index >= 15 is 0 Å². The SMILES string of the molecule is CNC(CCC(C)(C)C)c1ccnn1C(C)C. The zero-order valence-corrected chi connectivity index (χ0v) is 12.1. The van der Waals surface area contributed by atoms with Crippen LogP contribution in [-0.2, 0) is 0 Å². The van der Waals surface area contributed by atoms with Crippen molar-refractivity contribution in [3.05, 3.63) is 18.0 Å². The molecule has 1 N–H and O–H groups in total. The lowest BCUT2D eigenvalue weighted by Gasteiger charge is -2.24. The molecule has 0 saturated carbocycles. The highest BCUT2D eigenvalue weighted by Gasteiger charge is 2.19. The Morgan fingerprint density at radius 2 is 2.00 bits per heavy atom. The highest BCUT2D eigenvalue weighted by molar-refractivity contribution is 5.07. The molecule has 0 saturated heterocycles. The molecule has 1 atom stereocenters. The van der Waals surface area contributed by atoms with Gasteiger partial charge in [-0.05, 0) is 45.2 Å². The molecule has 0 amide bonds. The van der Waals surface area contributed by atoms with E-state index in [0.717, 1.165) is 6.42 Å². The largest absolute Gasteiger partial charge is 0.312 e. The van der Waals surface area contributed by atoms with Crippen LogP contribution in [0.2, 0.25) is 0 Å². The summed E-state index contributed by atoms with van der Waals surface area (Å²) in [5.41, 5.74) is 1.68. The first-order valence-electron chi connectivity index (χ1n) is 6.56. The van der Waals surface area contributed by atoms with Crippen LogP contribution in [0.25, 0.3) is 0 Å². The topological polar surface area (TPSA) is 29.9 Å². The van der Waals surface area contributed by atoms with Gasteiger partial charge in [0.05, 0.1) is 5.69 Å². The average Bonchev–Trinajstić information content (AvgIpc) is 2.66. The van der Waals surface area contributed by atoms with Gasteiger partial charge in [0.25, 0.3) is 0 Å². The van der Waals surface area contributed by atoms with Crippen LogP contribution >= 0.6 is 0 Å². The van der Waals surface area contributed by atoms with Crippen molar-refractivity contribution in [3.8, 4) is 0 Å². The lowest BCUT2D eigenvalue weighted by molar-refractivity contribution is 0.328. The fraction of sp³-hybridized carbons (Fsp3) is 0.786. The van der Waals surface area contributed by atoms with Crippen LogP contribution in [0.15, 0.2) is 12.3 Å². The summed E-state index contributed by atoms with van der Waals surface area (Å²) < 4.78 is 2.11. The monoisotopic (exact) mass is 237 g/mol. The van der Waals surface area contributed by atoms with E-state index < -0.39 is 0 Å². The summed E-state index contributed by atoms with van der Waals surface area (Å²) in [5, 5.41) is 7.82. The normalized spacial score (nSPS) is 14.3. The minimum Gasteiger partial charge on any atom is -0.312 e. The standard InChI is InChI=1S/C14H27N3/c1-11(2)17-13(8-10-16-17)12(15-6)7-9-14(3,4)5/h8,10-12,15H,7,9H2,1-6H3. The molecule has 1 rings (SSSR count). The van der Waals surface area contributed by atoms with Gasteiger partial charge in [-0.1, -0.05) is 20.8 Å². The lowest BCUT2D eigenvalue weighted by atomic mass is 9.88. The number of hydrogen-bond acceptors (Lipinski definition) is 2. The van der Waals surface area contributed by atoms with Crippen LogP contribution in [-0.4, -0.2) is 16.8 Å². The van der Waals surface area contributed by atoms with Crippen LogP contribution in [0.3, 0.4) is 0 Å². The molecular weight excluding hydrogens is 210 g/mol. The Kier molecular flexibility index (Phi) is 4.75. The Balaban J connectivity index is 2.76. The number of nitrogens with one attached hydrogen (secondary N) is 1. The molecule has 3 heteroatoms. The summed E-state index contributed by atoms with van der Waals surface area (Å²) in [6.07, 6.45) is 4.26. The minimum absolute atomic E-state index is 0.387. The second-order valence-electron chi connectivity index (χ2n) is 6.23. The van der Waals surface area contributed by atoms with Crippen LogP contribution in [0.4, 0.5) is 0 Å². The maximum atomic E-state index is 4.41. The maximum absolute atomic E-state index is 4.41. The van der Waals surface area contributed by atoms with E-state index in [1.165, 1.54) is 12.1 Å². The quantitative estimate of drug-likeness (QED) is 0.848. The zero-order valence-electron chi connectivity index (χ0n) is 12.1. The number of rotatable bonds is 5. The smallest absolute Gasteiger partial charge is 0.0556 e. The zero-order chi connectivity index (χ0) is 13.1. The summed E-state index contributed by atoms with van der Waals surface area (Å²) in [5.74, 6) is 0. The van der Waals surface area contributed by atoms with Crippen LogP contribution < -0.4 is 5.32 Å². The van der Waals surface area contributed by atoms with Gasteiger partial charge in [0.15, 0.2) is 0 Å².